The van der Waals surface area contributed by atoms with E-state index < -0.39 is 0 Å². The van der Waals surface area contributed by atoms with Crippen LogP contribution in [0.2, 0.25) is 0 Å². The number of hydrogen-bond acceptors (Lipinski definition) is 3. The van der Waals surface area contributed by atoms with Gasteiger partial charge < -0.3 is 4.74 Å². The summed E-state index contributed by atoms with van der Waals surface area (Å²) in [6, 6.07) is 10.3. The van der Waals surface area contributed by atoms with Gasteiger partial charge in [0.1, 0.15) is 0 Å². The van der Waals surface area contributed by atoms with Crippen LogP contribution in [0.5, 0.6) is 0 Å². The lowest BCUT2D eigenvalue weighted by Crippen LogP contribution is -2.31. The highest BCUT2D eigenvalue weighted by atomic mass is 16.5. The van der Waals surface area contributed by atoms with E-state index in [1.54, 1.807) is 0 Å². The Balaban J connectivity index is 2.51. The summed E-state index contributed by atoms with van der Waals surface area (Å²) in [5.74, 6) is 0.573. The molecule has 3 heteroatoms. The Morgan fingerprint density at radius 2 is 1.95 bits per heavy atom. The number of nitrogens with zero attached hydrogens (tertiary/aromatic N) is 1. The van der Waals surface area contributed by atoms with Crippen molar-refractivity contribution in [2.75, 3.05) is 19.7 Å². The third kappa shape index (κ3) is 7.29. The Labute approximate surface area is 122 Å². The lowest BCUT2D eigenvalue weighted by atomic mass is 10.1. The lowest BCUT2D eigenvalue weighted by molar-refractivity contribution is -0.144. The number of ether oxygens (including phenoxy) is 1. The first kappa shape index (κ1) is 16.7. The van der Waals surface area contributed by atoms with E-state index in [1.165, 1.54) is 12.0 Å². The zero-order chi connectivity index (χ0) is 14.8. The summed E-state index contributed by atoms with van der Waals surface area (Å²) < 4.78 is 5.06. The highest BCUT2D eigenvalue weighted by molar-refractivity contribution is 5.71. The molecule has 112 valence electrons. The van der Waals surface area contributed by atoms with Crippen molar-refractivity contribution in [3.05, 3.63) is 35.9 Å². The van der Waals surface area contributed by atoms with Crippen molar-refractivity contribution in [2.45, 2.75) is 40.2 Å². The molecule has 0 saturated heterocycles. The smallest absolute Gasteiger partial charge is 0.320 e. The Bertz CT molecular complexity index is 376. The Kier molecular flexibility index (Phi) is 7.97. The van der Waals surface area contributed by atoms with Crippen LogP contribution in [0.4, 0.5) is 0 Å². The predicted octanol–water partition coefficient (Wildman–Crippen LogP) is 3.49. The van der Waals surface area contributed by atoms with E-state index in [9.17, 15) is 4.79 Å². The number of rotatable bonds is 9. The number of benzene rings is 1. The van der Waals surface area contributed by atoms with Crippen molar-refractivity contribution in [2.24, 2.45) is 5.92 Å². The molecule has 0 aliphatic rings. The second-order valence-electron chi connectivity index (χ2n) is 5.54. The molecule has 0 amide bonds. The maximum absolute atomic E-state index is 11.7. The Morgan fingerprint density at radius 3 is 2.55 bits per heavy atom. The second-order valence-corrected chi connectivity index (χ2v) is 5.54. The molecule has 20 heavy (non-hydrogen) atoms. The summed E-state index contributed by atoms with van der Waals surface area (Å²) in [5, 5.41) is 0. The molecule has 1 aromatic carbocycles. The maximum Gasteiger partial charge on any atom is 0.320 e. The molecule has 0 N–H and O–H groups in total. The van der Waals surface area contributed by atoms with Gasteiger partial charge in [-0.3, -0.25) is 9.69 Å². The average Bonchev–Trinajstić information content (AvgIpc) is 2.39. The van der Waals surface area contributed by atoms with Crippen LogP contribution in [0.1, 0.15) is 39.2 Å². The van der Waals surface area contributed by atoms with Gasteiger partial charge in [0.25, 0.3) is 0 Å². The summed E-state index contributed by atoms with van der Waals surface area (Å²) in [5.41, 5.74) is 1.24. The normalized spacial score (nSPS) is 11.1. The monoisotopic (exact) mass is 277 g/mol. The van der Waals surface area contributed by atoms with Gasteiger partial charge in [0.15, 0.2) is 0 Å². The molecular weight excluding hydrogens is 250 g/mol. The SMILES string of the molecule is CCOC(=O)CN(CCCC(C)C)Cc1ccccc1. The molecule has 1 rings (SSSR count). The van der Waals surface area contributed by atoms with Crippen LogP contribution in [0.15, 0.2) is 30.3 Å². The quantitative estimate of drug-likeness (QED) is 0.647. The van der Waals surface area contributed by atoms with Gasteiger partial charge in [-0.05, 0) is 37.8 Å². The van der Waals surface area contributed by atoms with Gasteiger partial charge in [-0.1, -0.05) is 44.2 Å². The zero-order valence-corrected chi connectivity index (χ0v) is 13.0. The first-order valence-corrected chi connectivity index (χ1v) is 7.53. The third-order valence-corrected chi connectivity index (χ3v) is 3.16. The first-order valence-electron chi connectivity index (χ1n) is 7.53. The molecule has 0 radical (unpaired) electrons. The number of hydrogen-bond donors (Lipinski definition) is 0. The van der Waals surface area contributed by atoms with Crippen molar-refractivity contribution in [3.8, 4) is 0 Å². The molecule has 0 aliphatic carbocycles. The molecule has 0 spiro atoms. The molecule has 0 aromatic heterocycles. The Morgan fingerprint density at radius 1 is 1.25 bits per heavy atom. The predicted molar refractivity (Wildman–Crippen MR) is 82.4 cm³/mol. The number of carbonyl (C=O) groups is 1. The van der Waals surface area contributed by atoms with Gasteiger partial charge in [-0.25, -0.2) is 0 Å². The van der Waals surface area contributed by atoms with Crippen molar-refractivity contribution in [1.29, 1.82) is 0 Å². The topological polar surface area (TPSA) is 29.5 Å². The van der Waals surface area contributed by atoms with Gasteiger partial charge >= 0.3 is 5.97 Å². The largest absolute Gasteiger partial charge is 0.465 e. The van der Waals surface area contributed by atoms with Crippen LogP contribution in [0, 0.1) is 5.92 Å². The summed E-state index contributed by atoms with van der Waals surface area (Å²) in [6.45, 7) is 8.87. The van der Waals surface area contributed by atoms with Crippen LogP contribution < -0.4 is 0 Å². The van der Waals surface area contributed by atoms with Gasteiger partial charge in [0.05, 0.1) is 13.2 Å². The van der Waals surface area contributed by atoms with Gasteiger partial charge in [-0.15, -0.1) is 0 Å². The highest BCUT2D eigenvalue weighted by Crippen LogP contribution is 2.09. The first-order chi connectivity index (χ1) is 9.61. The lowest BCUT2D eigenvalue weighted by Gasteiger charge is -2.21. The fourth-order valence-electron chi connectivity index (χ4n) is 2.17. The van der Waals surface area contributed by atoms with Crippen LogP contribution in [0.3, 0.4) is 0 Å². The maximum atomic E-state index is 11.7. The van der Waals surface area contributed by atoms with E-state index in [4.69, 9.17) is 4.74 Å². The molecule has 1 aromatic rings. The highest BCUT2D eigenvalue weighted by Gasteiger charge is 2.12. The minimum absolute atomic E-state index is 0.132. The fourth-order valence-corrected chi connectivity index (χ4v) is 2.17. The van der Waals surface area contributed by atoms with E-state index in [0.717, 1.165) is 19.5 Å². The van der Waals surface area contributed by atoms with Crippen LogP contribution in [-0.2, 0) is 16.1 Å². The molecule has 0 fully saturated rings. The van der Waals surface area contributed by atoms with Gasteiger partial charge in [0, 0.05) is 6.54 Å². The summed E-state index contributed by atoms with van der Waals surface area (Å²) in [6.07, 6.45) is 2.30. The molecule has 3 nitrogen and oxygen atoms in total. The summed E-state index contributed by atoms with van der Waals surface area (Å²) in [7, 11) is 0. The minimum Gasteiger partial charge on any atom is -0.465 e. The van der Waals surface area contributed by atoms with Gasteiger partial charge in [0.2, 0.25) is 0 Å². The van der Waals surface area contributed by atoms with Crippen molar-refractivity contribution in [1.82, 2.24) is 4.90 Å². The molecule has 0 bridgehead atoms. The van der Waals surface area contributed by atoms with Crippen molar-refractivity contribution < 1.29 is 9.53 Å². The number of esters is 1. The summed E-state index contributed by atoms with van der Waals surface area (Å²) in [4.78, 5) is 13.9. The fraction of sp³-hybridized carbons (Fsp3) is 0.588. The molecular formula is C17H27NO2. The standard InChI is InChI=1S/C17H27NO2/c1-4-20-17(19)14-18(12-8-9-15(2)3)13-16-10-6-5-7-11-16/h5-7,10-11,15H,4,8-9,12-14H2,1-3H3. The molecule has 0 heterocycles. The minimum atomic E-state index is -0.132. The van der Waals surface area contributed by atoms with Crippen LogP contribution in [-0.4, -0.2) is 30.6 Å². The van der Waals surface area contributed by atoms with Crippen molar-refractivity contribution >= 4 is 5.97 Å². The van der Waals surface area contributed by atoms with E-state index in [2.05, 4.69) is 30.9 Å². The zero-order valence-electron chi connectivity index (χ0n) is 13.0. The molecule has 0 unspecified atom stereocenters. The molecule has 0 saturated carbocycles. The van der Waals surface area contributed by atoms with Gasteiger partial charge in [-0.2, -0.15) is 0 Å². The van der Waals surface area contributed by atoms with Crippen molar-refractivity contribution in [3.63, 3.8) is 0 Å². The van der Waals surface area contributed by atoms with E-state index >= 15 is 0 Å². The second kappa shape index (κ2) is 9.54. The number of carbonyl (C=O) groups excluding carboxylic acids is 1. The molecule has 0 atom stereocenters. The molecule has 0 aliphatic heterocycles. The summed E-state index contributed by atoms with van der Waals surface area (Å²) >= 11 is 0. The Hall–Kier alpha value is -1.35. The van der Waals surface area contributed by atoms with E-state index in [1.807, 2.05) is 25.1 Å². The van der Waals surface area contributed by atoms with E-state index in [0.29, 0.717) is 19.1 Å². The van der Waals surface area contributed by atoms with E-state index in [-0.39, 0.29) is 5.97 Å². The van der Waals surface area contributed by atoms with Crippen LogP contribution in [0.25, 0.3) is 0 Å². The average molecular weight is 277 g/mol. The van der Waals surface area contributed by atoms with Crippen LogP contribution >= 0.6 is 0 Å². The third-order valence-electron chi connectivity index (χ3n) is 3.16.